The fraction of sp³-hybridized carbons (Fsp3) is 0.645. The van der Waals surface area contributed by atoms with Gasteiger partial charge >= 0.3 is 0 Å². The molecule has 1 amide bonds. The molecule has 0 aromatic carbocycles. The van der Waals surface area contributed by atoms with Crippen LogP contribution in [0.1, 0.15) is 102 Å². The van der Waals surface area contributed by atoms with Crippen LogP contribution in [0.3, 0.4) is 0 Å². The van der Waals surface area contributed by atoms with Gasteiger partial charge in [0.1, 0.15) is 5.54 Å². The monoisotopic (exact) mass is 533 g/mol. The first-order chi connectivity index (χ1) is 17.3. The highest BCUT2D eigenvalue weighted by Crippen LogP contribution is 2.48. The quantitative estimate of drug-likeness (QED) is 0.407. The molecule has 38 heavy (non-hydrogen) atoms. The molecule has 1 atom stereocenters. The average molecular weight is 534 g/mol. The van der Waals surface area contributed by atoms with Crippen molar-refractivity contribution in [1.29, 1.82) is 5.26 Å². The summed E-state index contributed by atoms with van der Waals surface area (Å²) >= 11 is 1.67. The van der Waals surface area contributed by atoms with Gasteiger partial charge in [-0.25, -0.2) is 4.99 Å². The molecule has 4 aliphatic heterocycles. The fourth-order valence-corrected chi connectivity index (χ4v) is 7.19. The van der Waals surface area contributed by atoms with Crippen LogP contribution in [-0.4, -0.2) is 27.9 Å². The summed E-state index contributed by atoms with van der Waals surface area (Å²) in [6.07, 6.45) is 3.00. The van der Waals surface area contributed by atoms with E-state index in [2.05, 4.69) is 86.0 Å². The minimum atomic E-state index is -0.716. The van der Waals surface area contributed by atoms with Crippen LogP contribution >= 0.6 is 11.8 Å². The Balaban J connectivity index is 1.62. The lowest BCUT2D eigenvalue weighted by atomic mass is 9.73. The second-order valence-electron chi connectivity index (χ2n) is 14.2. The van der Waals surface area contributed by atoms with Crippen molar-refractivity contribution >= 4 is 34.1 Å². The highest BCUT2D eigenvalue weighted by atomic mass is 32.2. The number of allylic oxidation sites excluding steroid dienone is 5. The number of nitriles is 1. The molecule has 1 saturated heterocycles. The Labute approximate surface area is 233 Å². The average Bonchev–Trinajstić information content (AvgIpc) is 3.44. The molecular formula is C31H43N5OS. The topological polar surface area (TPSA) is 90.0 Å². The minimum absolute atomic E-state index is 0.0823. The minimum Gasteiger partial charge on any atom is -0.329 e. The number of thioether (sulfide) groups is 1. The summed E-state index contributed by atoms with van der Waals surface area (Å²) in [7, 11) is 0. The maximum absolute atomic E-state index is 12.1. The highest BCUT2D eigenvalue weighted by molar-refractivity contribution is 8.16. The van der Waals surface area contributed by atoms with E-state index in [-0.39, 0.29) is 27.6 Å². The van der Waals surface area contributed by atoms with E-state index < -0.39 is 5.54 Å². The first-order valence-electron chi connectivity index (χ1n) is 13.6. The van der Waals surface area contributed by atoms with Crippen LogP contribution in [0.4, 0.5) is 0 Å². The van der Waals surface area contributed by atoms with E-state index in [9.17, 15) is 10.1 Å². The standard InChI is InChI=1S/C31H43N5OS/c1-18(25-28(5,6)14-23(37)34-25)20-12-27(3,4)22(33-20)16-38-24-15-29(7,8)26(35-24)19(2)21-13-30(9,10)31(11,17-32)36-21/h16H,12-15H2,1-11H3,(H,34,37)/b22-16-,25-18-,26-19-. The summed E-state index contributed by atoms with van der Waals surface area (Å²) < 4.78 is 0. The Morgan fingerprint density at radius 3 is 2.08 bits per heavy atom. The zero-order chi connectivity index (χ0) is 28.5. The van der Waals surface area contributed by atoms with Crippen LogP contribution in [0.15, 0.2) is 48.6 Å². The van der Waals surface area contributed by atoms with Crippen LogP contribution in [0.2, 0.25) is 0 Å². The fourth-order valence-electron chi connectivity index (χ4n) is 5.98. The molecule has 0 aromatic heterocycles. The molecule has 4 aliphatic rings. The molecule has 4 rings (SSSR count). The van der Waals surface area contributed by atoms with E-state index >= 15 is 0 Å². The predicted octanol–water partition coefficient (Wildman–Crippen LogP) is 7.51. The number of nitrogens with one attached hydrogen (secondary N) is 1. The lowest BCUT2D eigenvalue weighted by molar-refractivity contribution is -0.119. The van der Waals surface area contributed by atoms with Crippen molar-refractivity contribution in [2.45, 2.75) is 107 Å². The Hall–Kier alpha value is -2.46. The molecule has 1 unspecified atom stereocenters. The van der Waals surface area contributed by atoms with E-state index in [0.717, 1.165) is 64.0 Å². The summed E-state index contributed by atoms with van der Waals surface area (Å²) in [6, 6.07) is 2.44. The Morgan fingerprint density at radius 2 is 1.53 bits per heavy atom. The van der Waals surface area contributed by atoms with Gasteiger partial charge in [0, 0.05) is 58.0 Å². The van der Waals surface area contributed by atoms with Crippen molar-refractivity contribution in [2.24, 2.45) is 36.6 Å². The molecule has 1 N–H and O–H groups in total. The summed E-state index contributed by atoms with van der Waals surface area (Å²) in [5.41, 5.74) is 6.09. The van der Waals surface area contributed by atoms with Gasteiger partial charge in [0.2, 0.25) is 5.91 Å². The van der Waals surface area contributed by atoms with Gasteiger partial charge < -0.3 is 5.32 Å². The molecule has 0 aliphatic carbocycles. The molecule has 0 spiro atoms. The van der Waals surface area contributed by atoms with E-state index in [4.69, 9.17) is 15.0 Å². The third kappa shape index (κ3) is 4.85. The number of rotatable bonds is 3. The summed E-state index contributed by atoms with van der Waals surface area (Å²) in [4.78, 5) is 27.1. The van der Waals surface area contributed by atoms with Crippen molar-refractivity contribution in [2.75, 3.05) is 0 Å². The third-order valence-corrected chi connectivity index (χ3v) is 9.83. The first-order valence-corrected chi connectivity index (χ1v) is 14.5. The number of aliphatic imine (C=N–C) groups is 3. The van der Waals surface area contributed by atoms with Gasteiger partial charge in [0.05, 0.1) is 22.5 Å². The van der Waals surface area contributed by atoms with Crippen LogP contribution < -0.4 is 5.32 Å². The van der Waals surface area contributed by atoms with Crippen LogP contribution in [0.5, 0.6) is 0 Å². The van der Waals surface area contributed by atoms with Gasteiger partial charge in [-0.05, 0) is 43.7 Å². The summed E-state index contributed by atoms with van der Waals surface area (Å²) in [5, 5.41) is 16.1. The van der Waals surface area contributed by atoms with E-state index in [0.29, 0.717) is 6.42 Å². The van der Waals surface area contributed by atoms with Crippen LogP contribution in [0.25, 0.3) is 0 Å². The number of amides is 1. The third-order valence-electron chi connectivity index (χ3n) is 8.98. The van der Waals surface area contributed by atoms with E-state index in [1.54, 1.807) is 11.8 Å². The lowest BCUT2D eigenvalue weighted by Gasteiger charge is -2.29. The summed E-state index contributed by atoms with van der Waals surface area (Å²) in [6.45, 7) is 23.5. The van der Waals surface area contributed by atoms with Gasteiger partial charge in [-0.2, -0.15) is 5.26 Å². The Bertz CT molecular complexity index is 1330. The predicted molar refractivity (Wildman–Crippen MR) is 159 cm³/mol. The van der Waals surface area contributed by atoms with Crippen molar-refractivity contribution in [3.63, 3.8) is 0 Å². The number of carbonyl (C=O) groups is 1. The molecule has 0 saturated carbocycles. The SMILES string of the molecule is C/C(C1=NC(C)(C#N)C(C)(C)C1)=C1/N=C(S/C=C2N=C(/C(C)=C3\NC(=O)CC3(C)C)CC\2(C)C)CC1(C)C. The second-order valence-corrected chi connectivity index (χ2v) is 15.1. The largest absolute Gasteiger partial charge is 0.329 e. The summed E-state index contributed by atoms with van der Waals surface area (Å²) in [5.74, 6) is 0.0823. The lowest BCUT2D eigenvalue weighted by Crippen LogP contribution is -2.34. The van der Waals surface area contributed by atoms with Crippen molar-refractivity contribution < 1.29 is 4.79 Å². The van der Waals surface area contributed by atoms with Gasteiger partial charge in [0.15, 0.2) is 0 Å². The molecule has 1 fully saturated rings. The maximum Gasteiger partial charge on any atom is 0.225 e. The van der Waals surface area contributed by atoms with Gasteiger partial charge in [0.25, 0.3) is 0 Å². The number of hydrogen-bond acceptors (Lipinski definition) is 6. The van der Waals surface area contributed by atoms with Crippen molar-refractivity contribution in [3.8, 4) is 6.07 Å². The smallest absolute Gasteiger partial charge is 0.225 e. The molecule has 0 radical (unpaired) electrons. The maximum atomic E-state index is 12.1. The molecule has 4 heterocycles. The molecular weight excluding hydrogens is 490 g/mol. The molecule has 0 aromatic rings. The number of hydrogen-bond donors (Lipinski definition) is 1. The van der Waals surface area contributed by atoms with Crippen LogP contribution in [0, 0.1) is 33.0 Å². The van der Waals surface area contributed by atoms with Crippen molar-refractivity contribution in [1.82, 2.24) is 5.32 Å². The van der Waals surface area contributed by atoms with Gasteiger partial charge in [-0.3, -0.25) is 14.8 Å². The van der Waals surface area contributed by atoms with Crippen LogP contribution in [-0.2, 0) is 4.79 Å². The molecule has 6 nitrogen and oxygen atoms in total. The normalized spacial score (nSPS) is 32.5. The number of nitrogens with zero attached hydrogens (tertiary/aromatic N) is 4. The van der Waals surface area contributed by atoms with Gasteiger partial charge in [-0.1, -0.05) is 67.2 Å². The zero-order valence-corrected chi connectivity index (χ0v) is 25.8. The number of carbonyl (C=O) groups excluding carboxylic acids is 1. The first kappa shape index (κ1) is 28.5. The second kappa shape index (κ2) is 9.05. The molecule has 0 bridgehead atoms. The van der Waals surface area contributed by atoms with E-state index in [1.165, 1.54) is 0 Å². The highest BCUT2D eigenvalue weighted by Gasteiger charge is 2.48. The van der Waals surface area contributed by atoms with Crippen molar-refractivity contribution in [3.05, 3.63) is 33.6 Å². The Kier molecular flexibility index (Phi) is 6.80. The van der Waals surface area contributed by atoms with E-state index in [1.807, 2.05) is 6.92 Å². The molecule has 7 heteroatoms. The zero-order valence-electron chi connectivity index (χ0n) is 25.0. The Morgan fingerprint density at radius 1 is 0.868 bits per heavy atom. The molecule has 204 valence electrons. The van der Waals surface area contributed by atoms with Gasteiger partial charge in [-0.15, -0.1) is 0 Å².